The first kappa shape index (κ1) is 10.6. The van der Waals surface area contributed by atoms with Crippen LogP contribution in [-0.4, -0.2) is 5.78 Å². The second-order valence-corrected chi connectivity index (χ2v) is 4.13. The molecule has 0 unspecified atom stereocenters. The van der Waals surface area contributed by atoms with Gasteiger partial charge in [0, 0.05) is 12.0 Å². The SMILES string of the molecule is N#CC(C#N)C1=C(C2=CCCC2)CCC1=O. The Hall–Kier alpha value is -1.87. The van der Waals surface area contributed by atoms with Crippen molar-refractivity contribution in [1.82, 2.24) is 0 Å². The second-order valence-electron chi connectivity index (χ2n) is 4.13. The van der Waals surface area contributed by atoms with Crippen LogP contribution in [0.25, 0.3) is 0 Å². The molecule has 2 rings (SSSR count). The van der Waals surface area contributed by atoms with Crippen LogP contribution in [-0.2, 0) is 4.79 Å². The van der Waals surface area contributed by atoms with Crippen LogP contribution < -0.4 is 0 Å². The molecule has 0 aliphatic heterocycles. The second kappa shape index (κ2) is 4.33. The summed E-state index contributed by atoms with van der Waals surface area (Å²) in [6.45, 7) is 0. The summed E-state index contributed by atoms with van der Waals surface area (Å²) >= 11 is 0. The van der Waals surface area contributed by atoms with Crippen LogP contribution in [0.4, 0.5) is 0 Å². The molecule has 0 saturated heterocycles. The zero-order chi connectivity index (χ0) is 11.5. The first-order valence-electron chi connectivity index (χ1n) is 5.52. The summed E-state index contributed by atoms with van der Waals surface area (Å²) in [5.74, 6) is -0.901. The van der Waals surface area contributed by atoms with Crippen molar-refractivity contribution in [3.8, 4) is 12.1 Å². The predicted molar refractivity (Wildman–Crippen MR) is 57.9 cm³/mol. The molecule has 0 aromatic heterocycles. The molecule has 0 aromatic carbocycles. The van der Waals surface area contributed by atoms with Gasteiger partial charge < -0.3 is 0 Å². The Bertz CT molecular complexity index is 457. The summed E-state index contributed by atoms with van der Waals surface area (Å²) in [7, 11) is 0. The van der Waals surface area contributed by atoms with Gasteiger partial charge in [0.15, 0.2) is 11.7 Å². The maximum atomic E-state index is 11.7. The molecule has 0 saturated carbocycles. The van der Waals surface area contributed by atoms with Crippen LogP contribution in [0.1, 0.15) is 32.1 Å². The summed E-state index contributed by atoms with van der Waals surface area (Å²) in [6.07, 6.45) is 6.45. The number of ketones is 1. The molecular formula is C13H12N2O. The van der Waals surface area contributed by atoms with Gasteiger partial charge in [-0.15, -0.1) is 0 Å². The van der Waals surface area contributed by atoms with Gasteiger partial charge in [0.1, 0.15) is 0 Å². The van der Waals surface area contributed by atoms with E-state index in [1.165, 1.54) is 5.57 Å². The molecule has 0 atom stereocenters. The Morgan fingerprint density at radius 2 is 1.94 bits per heavy atom. The first-order valence-corrected chi connectivity index (χ1v) is 5.52. The molecule has 3 nitrogen and oxygen atoms in total. The lowest BCUT2D eigenvalue weighted by Crippen LogP contribution is -2.07. The minimum absolute atomic E-state index is 0.0177. The van der Waals surface area contributed by atoms with E-state index in [0.29, 0.717) is 18.4 Å². The quantitative estimate of drug-likeness (QED) is 0.706. The summed E-state index contributed by atoms with van der Waals surface area (Å²) < 4.78 is 0. The molecule has 16 heavy (non-hydrogen) atoms. The Labute approximate surface area is 94.7 Å². The predicted octanol–water partition coefficient (Wildman–Crippen LogP) is 2.42. The van der Waals surface area contributed by atoms with Crippen LogP contribution >= 0.6 is 0 Å². The van der Waals surface area contributed by atoms with Crippen LogP contribution in [0.3, 0.4) is 0 Å². The van der Waals surface area contributed by atoms with Crippen molar-refractivity contribution in [1.29, 1.82) is 10.5 Å². The lowest BCUT2D eigenvalue weighted by molar-refractivity contribution is -0.115. The minimum atomic E-state index is -0.883. The zero-order valence-electron chi connectivity index (χ0n) is 8.99. The number of hydrogen-bond acceptors (Lipinski definition) is 3. The number of hydrogen-bond donors (Lipinski definition) is 0. The molecule has 80 valence electrons. The van der Waals surface area contributed by atoms with E-state index < -0.39 is 5.92 Å². The van der Waals surface area contributed by atoms with E-state index in [9.17, 15) is 4.79 Å². The minimum Gasteiger partial charge on any atom is -0.294 e. The Morgan fingerprint density at radius 1 is 1.19 bits per heavy atom. The third-order valence-electron chi connectivity index (χ3n) is 3.20. The van der Waals surface area contributed by atoms with Gasteiger partial charge in [0.25, 0.3) is 0 Å². The van der Waals surface area contributed by atoms with E-state index in [1.807, 2.05) is 12.1 Å². The van der Waals surface area contributed by atoms with Gasteiger partial charge in [0.05, 0.1) is 12.1 Å². The van der Waals surface area contributed by atoms with Gasteiger partial charge >= 0.3 is 0 Å². The van der Waals surface area contributed by atoms with Gasteiger partial charge in [-0.05, 0) is 36.8 Å². The van der Waals surface area contributed by atoms with Crippen LogP contribution in [0, 0.1) is 28.6 Å². The number of carbonyl (C=O) groups excluding carboxylic acids is 1. The molecule has 0 amide bonds. The maximum absolute atomic E-state index is 11.7. The lowest BCUT2D eigenvalue weighted by Gasteiger charge is -2.07. The highest BCUT2D eigenvalue weighted by atomic mass is 16.1. The van der Waals surface area contributed by atoms with Gasteiger partial charge in [-0.2, -0.15) is 10.5 Å². The summed E-state index contributed by atoms with van der Waals surface area (Å²) in [5, 5.41) is 17.8. The molecule has 2 aliphatic carbocycles. The Balaban J connectivity index is 2.43. The number of nitriles is 2. The highest BCUT2D eigenvalue weighted by Crippen LogP contribution is 2.37. The van der Waals surface area contributed by atoms with Crippen molar-refractivity contribution >= 4 is 5.78 Å². The van der Waals surface area contributed by atoms with Crippen molar-refractivity contribution in [3.05, 3.63) is 22.8 Å². The van der Waals surface area contributed by atoms with E-state index >= 15 is 0 Å². The highest BCUT2D eigenvalue weighted by Gasteiger charge is 2.31. The molecule has 2 aliphatic rings. The lowest BCUT2D eigenvalue weighted by atomic mass is 9.93. The summed E-state index contributed by atoms with van der Waals surface area (Å²) in [4.78, 5) is 11.7. The fraction of sp³-hybridized carbons (Fsp3) is 0.462. The first-order chi connectivity index (χ1) is 7.77. The molecule has 0 radical (unpaired) electrons. The third kappa shape index (κ3) is 1.66. The molecule has 0 heterocycles. The summed E-state index contributed by atoms with van der Waals surface area (Å²) in [5.41, 5.74) is 2.64. The van der Waals surface area contributed by atoms with E-state index in [1.54, 1.807) is 0 Å². The molecule has 3 heteroatoms. The van der Waals surface area contributed by atoms with Crippen molar-refractivity contribution in [2.24, 2.45) is 5.92 Å². The van der Waals surface area contributed by atoms with Gasteiger partial charge in [-0.1, -0.05) is 6.08 Å². The van der Waals surface area contributed by atoms with Crippen LogP contribution in [0.2, 0.25) is 0 Å². The highest BCUT2D eigenvalue weighted by molar-refractivity contribution is 6.01. The standard InChI is InChI=1S/C13H12N2O/c14-7-10(8-15)13-11(5-6-12(13)16)9-3-1-2-4-9/h3,10H,1-2,4-6H2. The van der Waals surface area contributed by atoms with Crippen molar-refractivity contribution in [3.63, 3.8) is 0 Å². The fourth-order valence-corrected chi connectivity index (χ4v) is 2.45. The van der Waals surface area contributed by atoms with E-state index in [4.69, 9.17) is 10.5 Å². The Morgan fingerprint density at radius 3 is 2.50 bits per heavy atom. The fourth-order valence-electron chi connectivity index (χ4n) is 2.45. The van der Waals surface area contributed by atoms with E-state index in [0.717, 1.165) is 24.8 Å². The van der Waals surface area contributed by atoms with Gasteiger partial charge in [-0.3, -0.25) is 4.79 Å². The summed E-state index contributed by atoms with van der Waals surface area (Å²) in [6, 6.07) is 3.82. The van der Waals surface area contributed by atoms with Crippen molar-refractivity contribution in [2.75, 3.05) is 0 Å². The van der Waals surface area contributed by atoms with Gasteiger partial charge in [-0.25, -0.2) is 0 Å². The number of Topliss-reactive ketones (excluding diaryl/α,β-unsaturated/α-hetero) is 1. The number of nitrogens with zero attached hydrogens (tertiary/aromatic N) is 2. The molecular weight excluding hydrogens is 200 g/mol. The molecule has 0 spiro atoms. The van der Waals surface area contributed by atoms with Crippen LogP contribution in [0.5, 0.6) is 0 Å². The smallest absolute Gasteiger partial charge is 0.161 e. The number of rotatable bonds is 2. The maximum Gasteiger partial charge on any atom is 0.161 e. The molecule has 0 fully saturated rings. The van der Waals surface area contributed by atoms with Crippen molar-refractivity contribution < 1.29 is 4.79 Å². The molecule has 0 bridgehead atoms. The zero-order valence-corrected chi connectivity index (χ0v) is 8.99. The van der Waals surface area contributed by atoms with Gasteiger partial charge in [0.2, 0.25) is 0 Å². The molecule has 0 aromatic rings. The largest absolute Gasteiger partial charge is 0.294 e. The monoisotopic (exact) mass is 212 g/mol. The van der Waals surface area contributed by atoms with Crippen LogP contribution in [0.15, 0.2) is 22.8 Å². The number of carbonyl (C=O) groups is 1. The van der Waals surface area contributed by atoms with Crippen molar-refractivity contribution in [2.45, 2.75) is 32.1 Å². The average molecular weight is 212 g/mol. The molecule has 0 N–H and O–H groups in total. The number of allylic oxidation sites excluding steroid dienone is 4. The normalized spacial score (nSPS) is 19.9. The Kier molecular flexibility index (Phi) is 2.88. The van der Waals surface area contributed by atoms with E-state index in [-0.39, 0.29) is 5.78 Å². The van der Waals surface area contributed by atoms with E-state index in [2.05, 4.69) is 6.08 Å². The average Bonchev–Trinajstić information content (AvgIpc) is 2.91. The topological polar surface area (TPSA) is 64.7 Å². The third-order valence-corrected chi connectivity index (χ3v) is 3.20.